The molecule has 0 saturated heterocycles. The summed E-state index contributed by atoms with van der Waals surface area (Å²) in [6.45, 7) is 5.65. The topological polar surface area (TPSA) is 82.8 Å². The van der Waals surface area contributed by atoms with Crippen LogP contribution >= 0.6 is 11.3 Å². The largest absolute Gasteiger partial charge is 0.482 e. The van der Waals surface area contributed by atoms with E-state index in [1.54, 1.807) is 6.07 Å². The fraction of sp³-hybridized carbons (Fsp3) is 0.333. The number of ether oxygens (including phenoxy) is 2. The lowest BCUT2D eigenvalue weighted by Gasteiger charge is -2.07. The molecule has 0 atom stereocenters. The molecule has 136 valence electrons. The monoisotopic (exact) mass is 373 g/mol. The van der Waals surface area contributed by atoms with Crippen LogP contribution in [0.5, 0.6) is 5.75 Å². The van der Waals surface area contributed by atoms with Gasteiger partial charge < -0.3 is 9.47 Å². The van der Waals surface area contributed by atoms with Gasteiger partial charge in [-0.1, -0.05) is 37.3 Å². The van der Waals surface area contributed by atoms with Crippen molar-refractivity contribution in [2.75, 3.05) is 6.61 Å². The van der Waals surface area contributed by atoms with Gasteiger partial charge >= 0.3 is 5.97 Å². The smallest absolute Gasteiger partial charge is 0.344 e. The fourth-order valence-electron chi connectivity index (χ4n) is 2.22. The summed E-state index contributed by atoms with van der Waals surface area (Å²) in [6.07, 6.45) is 0. The van der Waals surface area contributed by atoms with Crippen LogP contribution in [0.3, 0.4) is 0 Å². The molecule has 0 amide bonds. The Bertz CT molecular complexity index is 994. The Morgan fingerprint density at radius 1 is 1.31 bits per heavy atom. The standard InChI is InChI=1S/C18H19N3O4S/c1-11(2)17-20-21-15(22)8-13(19-18(21)26-17)9-25-16(23)10-24-14-6-4-5-12(3)7-14/h4-8,11H,9-10H2,1-3H3. The molecule has 8 heteroatoms. The molecule has 0 aliphatic heterocycles. The molecule has 0 unspecified atom stereocenters. The molecule has 2 aromatic heterocycles. The number of aromatic nitrogens is 3. The van der Waals surface area contributed by atoms with E-state index in [0.717, 1.165) is 10.6 Å². The Morgan fingerprint density at radius 2 is 2.12 bits per heavy atom. The molecule has 0 aliphatic rings. The van der Waals surface area contributed by atoms with Crippen LogP contribution in [0.15, 0.2) is 35.1 Å². The molecular weight excluding hydrogens is 354 g/mol. The van der Waals surface area contributed by atoms with Gasteiger partial charge in [0.05, 0.1) is 5.69 Å². The zero-order chi connectivity index (χ0) is 18.7. The first kappa shape index (κ1) is 18.1. The minimum absolute atomic E-state index is 0.0866. The van der Waals surface area contributed by atoms with Gasteiger partial charge in [0, 0.05) is 12.0 Å². The van der Waals surface area contributed by atoms with E-state index in [2.05, 4.69) is 10.1 Å². The highest BCUT2D eigenvalue weighted by Crippen LogP contribution is 2.20. The highest BCUT2D eigenvalue weighted by atomic mass is 32.1. The predicted molar refractivity (Wildman–Crippen MR) is 97.7 cm³/mol. The van der Waals surface area contributed by atoms with E-state index < -0.39 is 5.97 Å². The maximum atomic E-state index is 12.1. The van der Waals surface area contributed by atoms with Crippen LogP contribution in [-0.2, 0) is 16.1 Å². The molecule has 26 heavy (non-hydrogen) atoms. The van der Waals surface area contributed by atoms with Crippen LogP contribution in [0, 0.1) is 6.92 Å². The molecule has 3 aromatic rings. The van der Waals surface area contributed by atoms with E-state index in [1.807, 2.05) is 39.0 Å². The molecule has 0 N–H and O–H groups in total. The van der Waals surface area contributed by atoms with Gasteiger partial charge in [0.25, 0.3) is 5.56 Å². The molecule has 7 nitrogen and oxygen atoms in total. The first-order chi connectivity index (χ1) is 12.4. The van der Waals surface area contributed by atoms with Crippen molar-refractivity contribution in [1.82, 2.24) is 14.6 Å². The molecule has 3 rings (SSSR count). The number of hydrogen-bond donors (Lipinski definition) is 0. The van der Waals surface area contributed by atoms with Crippen LogP contribution in [0.25, 0.3) is 4.96 Å². The third-order valence-electron chi connectivity index (χ3n) is 3.53. The second kappa shape index (κ2) is 7.65. The van der Waals surface area contributed by atoms with Gasteiger partial charge in [0.15, 0.2) is 6.61 Å². The third-order valence-corrected chi connectivity index (χ3v) is 4.74. The summed E-state index contributed by atoms with van der Waals surface area (Å²) < 4.78 is 11.8. The molecule has 0 radical (unpaired) electrons. The summed E-state index contributed by atoms with van der Waals surface area (Å²) in [7, 11) is 0. The number of aryl methyl sites for hydroxylation is 1. The Hall–Kier alpha value is -2.74. The Balaban J connectivity index is 1.62. The van der Waals surface area contributed by atoms with Crippen molar-refractivity contribution < 1.29 is 14.3 Å². The molecule has 0 saturated carbocycles. The average Bonchev–Trinajstić information content (AvgIpc) is 3.03. The van der Waals surface area contributed by atoms with E-state index in [4.69, 9.17) is 9.47 Å². The molecule has 0 fully saturated rings. The van der Waals surface area contributed by atoms with Gasteiger partial charge in [-0.3, -0.25) is 4.79 Å². The average molecular weight is 373 g/mol. The first-order valence-electron chi connectivity index (χ1n) is 8.17. The molecule has 0 bridgehead atoms. The SMILES string of the molecule is Cc1cccc(OCC(=O)OCc2cc(=O)n3nc(C(C)C)sc3n2)c1. The van der Waals surface area contributed by atoms with Crippen molar-refractivity contribution in [3.8, 4) is 5.75 Å². The third kappa shape index (κ3) is 4.26. The number of esters is 1. The molecule has 1 aromatic carbocycles. The summed E-state index contributed by atoms with van der Waals surface area (Å²) in [5.41, 5.74) is 1.14. The van der Waals surface area contributed by atoms with Gasteiger partial charge in [-0.15, -0.1) is 0 Å². The van der Waals surface area contributed by atoms with Gasteiger partial charge in [-0.25, -0.2) is 9.78 Å². The molecule has 0 spiro atoms. The van der Waals surface area contributed by atoms with Crippen molar-refractivity contribution in [3.63, 3.8) is 0 Å². The number of rotatable bonds is 6. The number of nitrogens with zero attached hydrogens (tertiary/aromatic N) is 3. The van der Waals surface area contributed by atoms with Crippen molar-refractivity contribution in [2.24, 2.45) is 0 Å². The van der Waals surface area contributed by atoms with Crippen molar-refractivity contribution in [2.45, 2.75) is 33.3 Å². The number of carbonyl (C=O) groups excluding carboxylic acids is 1. The highest BCUT2D eigenvalue weighted by Gasteiger charge is 2.12. The van der Waals surface area contributed by atoms with Crippen LogP contribution in [0.1, 0.15) is 36.0 Å². The Morgan fingerprint density at radius 3 is 2.85 bits per heavy atom. The lowest BCUT2D eigenvalue weighted by molar-refractivity contribution is -0.147. The van der Waals surface area contributed by atoms with Gasteiger partial charge in [0.2, 0.25) is 4.96 Å². The van der Waals surface area contributed by atoms with Crippen molar-refractivity contribution in [1.29, 1.82) is 0 Å². The van der Waals surface area contributed by atoms with E-state index >= 15 is 0 Å². The second-order valence-corrected chi connectivity index (χ2v) is 7.13. The maximum Gasteiger partial charge on any atom is 0.344 e. The number of carbonyl (C=O) groups is 1. The van der Waals surface area contributed by atoms with Gasteiger partial charge in [-0.05, 0) is 24.6 Å². The fourth-order valence-corrected chi connectivity index (χ4v) is 3.15. The van der Waals surface area contributed by atoms with Crippen LogP contribution in [0.4, 0.5) is 0 Å². The molecule has 0 aliphatic carbocycles. The minimum Gasteiger partial charge on any atom is -0.482 e. The summed E-state index contributed by atoms with van der Waals surface area (Å²) in [5, 5.41) is 5.08. The molecular formula is C18H19N3O4S. The highest BCUT2D eigenvalue weighted by molar-refractivity contribution is 7.16. The normalized spacial score (nSPS) is 11.1. The number of hydrogen-bond acceptors (Lipinski definition) is 7. The van der Waals surface area contributed by atoms with Gasteiger partial charge in [-0.2, -0.15) is 9.61 Å². The number of benzene rings is 1. The summed E-state index contributed by atoms with van der Waals surface area (Å²) >= 11 is 1.35. The van der Waals surface area contributed by atoms with E-state index in [1.165, 1.54) is 21.9 Å². The zero-order valence-electron chi connectivity index (χ0n) is 14.8. The van der Waals surface area contributed by atoms with Crippen LogP contribution in [0.2, 0.25) is 0 Å². The molecule has 2 heterocycles. The van der Waals surface area contributed by atoms with Crippen molar-refractivity contribution >= 4 is 22.3 Å². The first-order valence-corrected chi connectivity index (χ1v) is 8.99. The summed E-state index contributed by atoms with van der Waals surface area (Å²) in [4.78, 5) is 28.8. The van der Waals surface area contributed by atoms with Crippen LogP contribution < -0.4 is 10.3 Å². The van der Waals surface area contributed by atoms with Gasteiger partial charge in [0.1, 0.15) is 17.4 Å². The van der Waals surface area contributed by atoms with E-state index in [-0.39, 0.29) is 24.7 Å². The second-order valence-electron chi connectivity index (χ2n) is 6.14. The van der Waals surface area contributed by atoms with E-state index in [0.29, 0.717) is 16.4 Å². The minimum atomic E-state index is -0.527. The van der Waals surface area contributed by atoms with E-state index in [9.17, 15) is 9.59 Å². The summed E-state index contributed by atoms with van der Waals surface area (Å²) in [6, 6.07) is 8.72. The zero-order valence-corrected chi connectivity index (χ0v) is 15.6. The number of fused-ring (bicyclic) bond motifs is 1. The maximum absolute atomic E-state index is 12.1. The Kier molecular flexibility index (Phi) is 5.32. The summed E-state index contributed by atoms with van der Waals surface area (Å²) in [5.74, 6) is 0.285. The van der Waals surface area contributed by atoms with Crippen molar-refractivity contribution in [3.05, 3.63) is 57.0 Å². The predicted octanol–water partition coefficient (Wildman–Crippen LogP) is 2.71. The van der Waals surface area contributed by atoms with Crippen LogP contribution in [-0.4, -0.2) is 27.2 Å². The quantitative estimate of drug-likeness (QED) is 0.618. The lowest BCUT2D eigenvalue weighted by Crippen LogP contribution is -2.18. The Labute approximate surface area is 154 Å². The lowest BCUT2D eigenvalue weighted by atomic mass is 10.2.